The third-order valence-corrected chi connectivity index (χ3v) is 3.58. The van der Waals surface area contributed by atoms with Gasteiger partial charge in [0.25, 0.3) is 0 Å². The largest absolute Gasteiger partial charge is 0.416 e. The Labute approximate surface area is 118 Å². The summed E-state index contributed by atoms with van der Waals surface area (Å²) in [5.41, 5.74) is 1.07. The Balaban J connectivity index is 2.11. The third-order valence-electron chi connectivity index (χ3n) is 3.38. The van der Waals surface area contributed by atoms with Crippen LogP contribution in [0.25, 0.3) is 5.82 Å². The predicted octanol–water partition coefficient (Wildman–Crippen LogP) is 3.82. The molecule has 20 heavy (non-hydrogen) atoms. The van der Waals surface area contributed by atoms with Crippen LogP contribution in [-0.4, -0.2) is 14.5 Å². The number of halogens is 4. The summed E-state index contributed by atoms with van der Waals surface area (Å²) < 4.78 is 40.1. The Morgan fingerprint density at radius 2 is 1.90 bits per heavy atom. The molecule has 0 aromatic carbocycles. The van der Waals surface area contributed by atoms with Crippen molar-refractivity contribution in [1.82, 2.24) is 14.5 Å². The minimum absolute atomic E-state index is 0.167. The molecule has 1 aliphatic rings. The van der Waals surface area contributed by atoms with Gasteiger partial charge in [-0.2, -0.15) is 13.2 Å². The summed E-state index contributed by atoms with van der Waals surface area (Å²) in [5, 5.41) is -0.173. The molecule has 2 heterocycles. The minimum Gasteiger partial charge on any atom is -0.287 e. The normalized spacial score (nSPS) is 15.2. The molecule has 0 bridgehead atoms. The fraction of sp³-hybridized carbons (Fsp3) is 0.385. The van der Waals surface area contributed by atoms with Gasteiger partial charge >= 0.3 is 6.18 Å². The van der Waals surface area contributed by atoms with Crippen LogP contribution in [0.15, 0.2) is 18.5 Å². The molecule has 0 spiro atoms. The van der Waals surface area contributed by atoms with Gasteiger partial charge in [0.1, 0.15) is 17.3 Å². The van der Waals surface area contributed by atoms with Crippen LogP contribution in [0.2, 0.25) is 5.15 Å². The molecule has 3 rings (SSSR count). The van der Waals surface area contributed by atoms with Crippen molar-refractivity contribution in [2.45, 2.75) is 31.9 Å². The van der Waals surface area contributed by atoms with Crippen LogP contribution in [0.5, 0.6) is 0 Å². The SMILES string of the molecule is FC(F)(F)c1cc(Cl)nc(-n2cnc3c2CCCC3)c1. The van der Waals surface area contributed by atoms with Gasteiger partial charge in [-0.3, -0.25) is 4.57 Å². The van der Waals surface area contributed by atoms with E-state index in [1.54, 1.807) is 4.57 Å². The summed E-state index contributed by atoms with van der Waals surface area (Å²) in [6.45, 7) is 0. The molecule has 0 unspecified atom stereocenters. The van der Waals surface area contributed by atoms with Gasteiger partial charge in [0.2, 0.25) is 0 Å². The number of fused-ring (bicyclic) bond motifs is 1. The van der Waals surface area contributed by atoms with Crippen molar-refractivity contribution in [3.05, 3.63) is 40.6 Å². The van der Waals surface area contributed by atoms with Gasteiger partial charge in [0.15, 0.2) is 0 Å². The van der Waals surface area contributed by atoms with Gasteiger partial charge in [0.05, 0.1) is 11.3 Å². The van der Waals surface area contributed by atoms with Gasteiger partial charge in [-0.15, -0.1) is 0 Å². The molecule has 0 N–H and O–H groups in total. The van der Waals surface area contributed by atoms with Crippen LogP contribution in [0.4, 0.5) is 13.2 Å². The second-order valence-corrected chi connectivity index (χ2v) is 5.14. The first-order chi connectivity index (χ1) is 9.45. The smallest absolute Gasteiger partial charge is 0.287 e. The lowest BCUT2D eigenvalue weighted by molar-refractivity contribution is -0.137. The van der Waals surface area contributed by atoms with Crippen LogP contribution in [-0.2, 0) is 19.0 Å². The van der Waals surface area contributed by atoms with E-state index in [4.69, 9.17) is 11.6 Å². The molecule has 0 fully saturated rings. The maximum Gasteiger partial charge on any atom is 0.416 e. The van der Waals surface area contributed by atoms with E-state index < -0.39 is 11.7 Å². The average molecular weight is 302 g/mol. The number of aryl methyl sites for hydroxylation is 1. The molecular weight excluding hydrogens is 291 g/mol. The molecule has 0 saturated heterocycles. The fourth-order valence-electron chi connectivity index (χ4n) is 2.44. The van der Waals surface area contributed by atoms with E-state index in [0.717, 1.165) is 49.2 Å². The van der Waals surface area contributed by atoms with Gasteiger partial charge in [-0.25, -0.2) is 9.97 Å². The standard InChI is InChI=1S/C13H11ClF3N3/c14-11-5-8(13(15,16)17)6-12(19-11)20-7-18-9-3-1-2-4-10(9)20/h5-7H,1-4H2. The van der Waals surface area contributed by atoms with E-state index in [-0.39, 0.29) is 11.0 Å². The number of pyridine rings is 1. The van der Waals surface area contributed by atoms with E-state index in [0.29, 0.717) is 0 Å². The van der Waals surface area contributed by atoms with Crippen molar-refractivity contribution in [2.24, 2.45) is 0 Å². The monoisotopic (exact) mass is 301 g/mol. The van der Waals surface area contributed by atoms with Crippen molar-refractivity contribution in [3.8, 4) is 5.82 Å². The highest BCUT2D eigenvalue weighted by molar-refractivity contribution is 6.29. The number of rotatable bonds is 1. The Morgan fingerprint density at radius 1 is 1.15 bits per heavy atom. The van der Waals surface area contributed by atoms with Gasteiger partial charge in [-0.05, 0) is 37.8 Å². The summed E-state index contributed by atoms with van der Waals surface area (Å²) in [4.78, 5) is 8.24. The number of alkyl halides is 3. The third kappa shape index (κ3) is 2.40. The highest BCUT2D eigenvalue weighted by Gasteiger charge is 2.32. The Bertz CT molecular complexity index is 649. The minimum atomic E-state index is -4.44. The van der Waals surface area contributed by atoms with Gasteiger partial charge in [0, 0.05) is 5.69 Å². The number of imidazole rings is 1. The zero-order valence-electron chi connectivity index (χ0n) is 10.4. The molecule has 3 nitrogen and oxygen atoms in total. The van der Waals surface area contributed by atoms with Crippen molar-refractivity contribution in [1.29, 1.82) is 0 Å². The molecule has 2 aromatic heterocycles. The van der Waals surface area contributed by atoms with E-state index >= 15 is 0 Å². The summed E-state index contributed by atoms with van der Waals surface area (Å²) in [5.74, 6) is 0.167. The van der Waals surface area contributed by atoms with Crippen LogP contribution in [0, 0.1) is 0 Å². The van der Waals surface area contributed by atoms with Crippen LogP contribution in [0.3, 0.4) is 0 Å². The molecule has 106 valence electrons. The zero-order chi connectivity index (χ0) is 14.3. The van der Waals surface area contributed by atoms with Crippen molar-refractivity contribution < 1.29 is 13.2 Å². The van der Waals surface area contributed by atoms with E-state index in [2.05, 4.69) is 9.97 Å². The fourth-order valence-corrected chi connectivity index (χ4v) is 2.64. The molecule has 0 aliphatic heterocycles. The topological polar surface area (TPSA) is 30.7 Å². The summed E-state index contributed by atoms with van der Waals surface area (Å²) in [6, 6.07) is 1.83. The maximum atomic E-state index is 12.8. The van der Waals surface area contributed by atoms with E-state index in [1.165, 1.54) is 6.33 Å². The summed E-state index contributed by atoms with van der Waals surface area (Å²) in [7, 11) is 0. The van der Waals surface area contributed by atoms with E-state index in [1.807, 2.05) is 0 Å². The summed E-state index contributed by atoms with van der Waals surface area (Å²) >= 11 is 5.71. The first-order valence-electron chi connectivity index (χ1n) is 6.25. The molecule has 1 aliphatic carbocycles. The highest BCUT2D eigenvalue weighted by Crippen LogP contribution is 2.32. The molecular formula is C13H11ClF3N3. The molecule has 0 atom stereocenters. The molecule has 0 radical (unpaired) electrons. The van der Waals surface area contributed by atoms with Crippen molar-refractivity contribution >= 4 is 11.6 Å². The Hall–Kier alpha value is -1.56. The first kappa shape index (κ1) is 13.4. The van der Waals surface area contributed by atoms with Crippen LogP contribution < -0.4 is 0 Å². The van der Waals surface area contributed by atoms with Crippen LogP contribution in [0.1, 0.15) is 29.8 Å². The van der Waals surface area contributed by atoms with Gasteiger partial charge in [-0.1, -0.05) is 11.6 Å². The van der Waals surface area contributed by atoms with E-state index in [9.17, 15) is 13.2 Å². The second kappa shape index (κ2) is 4.77. The zero-order valence-corrected chi connectivity index (χ0v) is 11.2. The number of aromatic nitrogens is 3. The molecule has 0 saturated carbocycles. The maximum absolute atomic E-state index is 12.8. The first-order valence-corrected chi connectivity index (χ1v) is 6.63. The number of hydrogen-bond donors (Lipinski definition) is 0. The van der Waals surface area contributed by atoms with Crippen LogP contribution >= 0.6 is 11.6 Å². The number of nitrogens with zero attached hydrogens (tertiary/aromatic N) is 3. The lowest BCUT2D eigenvalue weighted by atomic mass is 10.0. The second-order valence-electron chi connectivity index (χ2n) is 4.75. The number of hydrogen-bond acceptors (Lipinski definition) is 2. The summed E-state index contributed by atoms with van der Waals surface area (Å²) in [6.07, 6.45) is 0.795. The average Bonchev–Trinajstić information content (AvgIpc) is 2.80. The molecule has 0 amide bonds. The Morgan fingerprint density at radius 3 is 2.65 bits per heavy atom. The highest BCUT2D eigenvalue weighted by atomic mass is 35.5. The van der Waals surface area contributed by atoms with Crippen molar-refractivity contribution in [3.63, 3.8) is 0 Å². The Kier molecular flexibility index (Phi) is 3.20. The quantitative estimate of drug-likeness (QED) is 0.750. The lowest BCUT2D eigenvalue weighted by Gasteiger charge is -2.15. The van der Waals surface area contributed by atoms with Gasteiger partial charge < -0.3 is 0 Å². The van der Waals surface area contributed by atoms with Crippen molar-refractivity contribution in [2.75, 3.05) is 0 Å². The molecule has 7 heteroatoms. The lowest BCUT2D eigenvalue weighted by Crippen LogP contribution is -2.11. The predicted molar refractivity (Wildman–Crippen MR) is 68.0 cm³/mol. The molecule has 2 aromatic rings.